The number of fused-ring (bicyclic) bond motifs is 1. The Hall–Kier alpha value is -4.24. The van der Waals surface area contributed by atoms with Crippen molar-refractivity contribution in [3.8, 4) is 5.88 Å². The van der Waals surface area contributed by atoms with Crippen molar-refractivity contribution in [2.24, 2.45) is 4.99 Å². The van der Waals surface area contributed by atoms with Crippen molar-refractivity contribution in [3.05, 3.63) is 117 Å². The van der Waals surface area contributed by atoms with E-state index in [1.54, 1.807) is 17.4 Å². The summed E-state index contributed by atoms with van der Waals surface area (Å²) in [5.41, 5.74) is 6.40. The lowest BCUT2D eigenvalue weighted by Crippen LogP contribution is -2.35. The van der Waals surface area contributed by atoms with E-state index < -0.39 is 0 Å². The van der Waals surface area contributed by atoms with Gasteiger partial charge in [0, 0.05) is 47.0 Å². The monoisotopic (exact) mass is 564 g/mol. The number of carbonyl (C=O) groups is 1. The van der Waals surface area contributed by atoms with Crippen molar-refractivity contribution in [2.45, 2.75) is 19.5 Å². The third-order valence-corrected chi connectivity index (χ3v) is 8.09. The van der Waals surface area contributed by atoms with E-state index in [1.807, 2.05) is 78.3 Å². The van der Waals surface area contributed by atoms with E-state index in [9.17, 15) is 9.90 Å². The second-order valence-electron chi connectivity index (χ2n) is 10.2. The first-order valence-corrected chi connectivity index (χ1v) is 14.7. The average molecular weight is 565 g/mol. The molecule has 1 aliphatic rings. The molecule has 1 atom stereocenters. The van der Waals surface area contributed by atoms with Gasteiger partial charge in [0.15, 0.2) is 5.88 Å². The van der Waals surface area contributed by atoms with Gasteiger partial charge in [0.1, 0.15) is 0 Å². The number of carbonyl (C=O) groups excluding carboxylic acids is 1. The maximum absolute atomic E-state index is 13.2. The van der Waals surface area contributed by atoms with Crippen LogP contribution >= 0.6 is 11.3 Å². The highest BCUT2D eigenvalue weighted by Gasteiger charge is 2.21. The Kier molecular flexibility index (Phi) is 7.95. The number of morpholine rings is 1. The maximum Gasteiger partial charge on any atom is 0.251 e. The summed E-state index contributed by atoms with van der Waals surface area (Å²) in [4.78, 5) is 23.7. The van der Waals surface area contributed by atoms with Gasteiger partial charge in [-0.05, 0) is 59.8 Å². The number of rotatable bonds is 8. The Morgan fingerprint density at radius 3 is 2.56 bits per heavy atom. The molecule has 0 radical (unpaired) electrons. The molecule has 41 heavy (non-hydrogen) atoms. The summed E-state index contributed by atoms with van der Waals surface area (Å²) in [5.74, 6) is -0.163. The van der Waals surface area contributed by atoms with Crippen LogP contribution in [0, 0.1) is 0 Å². The van der Waals surface area contributed by atoms with E-state index in [2.05, 4.69) is 27.3 Å². The third-order valence-electron chi connectivity index (χ3n) is 7.41. The number of aromatic hydroxyl groups is 1. The van der Waals surface area contributed by atoms with Gasteiger partial charge in [-0.3, -0.25) is 9.69 Å². The normalized spacial score (nSPS) is 15.2. The predicted octanol–water partition coefficient (Wildman–Crippen LogP) is 6.43. The van der Waals surface area contributed by atoms with Crippen LogP contribution in [0.5, 0.6) is 5.88 Å². The molecule has 1 fully saturated rings. The highest BCUT2D eigenvalue weighted by Crippen LogP contribution is 2.33. The lowest BCUT2D eigenvalue weighted by molar-refractivity contribution is 0.0342. The molecular formula is C33H32N4O3S. The number of nitrogens with zero attached hydrogens (tertiary/aromatic N) is 2. The number of ether oxygens (including phenoxy) is 1. The third kappa shape index (κ3) is 6.10. The zero-order valence-corrected chi connectivity index (χ0v) is 23.7. The Bertz CT molecular complexity index is 1650. The molecule has 6 rings (SSSR count). The summed E-state index contributed by atoms with van der Waals surface area (Å²) >= 11 is 1.57. The lowest BCUT2D eigenvalue weighted by atomic mass is 10.0. The van der Waals surface area contributed by atoms with Crippen molar-refractivity contribution in [1.82, 2.24) is 15.2 Å². The number of thiophene rings is 1. The van der Waals surface area contributed by atoms with Crippen LogP contribution in [0.3, 0.4) is 0 Å². The fraction of sp³-hybridized carbons (Fsp3) is 0.212. The molecule has 0 saturated carbocycles. The number of nitrogens with one attached hydrogen (secondary N) is 2. The average Bonchev–Trinajstić information content (AvgIpc) is 3.65. The van der Waals surface area contributed by atoms with Crippen LogP contribution in [0.15, 0.2) is 94.6 Å². The molecule has 2 aromatic heterocycles. The van der Waals surface area contributed by atoms with Gasteiger partial charge in [0.2, 0.25) is 0 Å². The Balaban J connectivity index is 1.32. The number of aromatic nitrogens is 1. The molecule has 0 unspecified atom stereocenters. The van der Waals surface area contributed by atoms with Gasteiger partial charge in [-0.25, -0.2) is 4.99 Å². The highest BCUT2D eigenvalue weighted by atomic mass is 32.1. The van der Waals surface area contributed by atoms with Crippen LogP contribution < -0.4 is 5.32 Å². The Morgan fingerprint density at radius 1 is 1.05 bits per heavy atom. The van der Waals surface area contributed by atoms with Gasteiger partial charge >= 0.3 is 0 Å². The number of benzene rings is 3. The summed E-state index contributed by atoms with van der Waals surface area (Å²) < 4.78 is 5.46. The van der Waals surface area contributed by atoms with Gasteiger partial charge < -0.3 is 20.1 Å². The molecule has 7 nitrogen and oxygen atoms in total. The summed E-state index contributed by atoms with van der Waals surface area (Å²) in [7, 11) is 0. The van der Waals surface area contributed by atoms with Crippen molar-refractivity contribution >= 4 is 39.5 Å². The summed E-state index contributed by atoms with van der Waals surface area (Å²) in [6.45, 7) is 6.26. The Morgan fingerprint density at radius 2 is 1.83 bits per heavy atom. The van der Waals surface area contributed by atoms with Crippen LogP contribution in [0.2, 0.25) is 0 Å². The summed E-state index contributed by atoms with van der Waals surface area (Å²) in [6.07, 6.45) is 0. The molecule has 5 aromatic rings. The molecule has 3 heterocycles. The van der Waals surface area contributed by atoms with E-state index in [0.29, 0.717) is 16.8 Å². The van der Waals surface area contributed by atoms with Crippen molar-refractivity contribution in [3.63, 3.8) is 0 Å². The Labute approximate surface area is 243 Å². The van der Waals surface area contributed by atoms with E-state index in [1.165, 1.54) is 5.56 Å². The smallest absolute Gasteiger partial charge is 0.251 e. The number of aromatic amines is 1. The van der Waals surface area contributed by atoms with E-state index in [4.69, 9.17) is 9.73 Å². The molecule has 8 heteroatoms. The predicted molar refractivity (Wildman–Crippen MR) is 164 cm³/mol. The highest BCUT2D eigenvalue weighted by molar-refractivity contribution is 7.08. The second kappa shape index (κ2) is 12.1. The lowest BCUT2D eigenvalue weighted by Gasteiger charge is -2.26. The summed E-state index contributed by atoms with van der Waals surface area (Å²) in [6, 6.07) is 25.4. The van der Waals surface area contributed by atoms with Gasteiger partial charge in [-0.1, -0.05) is 42.5 Å². The molecule has 1 saturated heterocycles. The second-order valence-corrected chi connectivity index (χ2v) is 11.0. The van der Waals surface area contributed by atoms with Crippen LogP contribution in [0.1, 0.15) is 45.6 Å². The van der Waals surface area contributed by atoms with Crippen LogP contribution in [0.4, 0.5) is 5.69 Å². The molecule has 0 bridgehead atoms. The molecule has 3 aromatic carbocycles. The van der Waals surface area contributed by atoms with E-state index >= 15 is 0 Å². The molecule has 0 spiro atoms. The van der Waals surface area contributed by atoms with E-state index in [0.717, 1.165) is 60.6 Å². The molecule has 0 aliphatic carbocycles. The van der Waals surface area contributed by atoms with Gasteiger partial charge in [0.25, 0.3) is 5.91 Å². The molecule has 3 N–H and O–H groups in total. The SMILES string of the molecule is C[C@@H](NC(=O)c1ccc2[nH]c(O)c(C(=Nc3ccc(CN4CCOCC4)cc3)c3ccsc3)c2c1)c1ccccc1. The summed E-state index contributed by atoms with van der Waals surface area (Å²) in [5, 5.41) is 18.9. The topological polar surface area (TPSA) is 90.0 Å². The van der Waals surface area contributed by atoms with Crippen LogP contribution in [-0.2, 0) is 11.3 Å². The van der Waals surface area contributed by atoms with Crippen molar-refractivity contribution in [2.75, 3.05) is 26.3 Å². The molecule has 1 aliphatic heterocycles. The maximum atomic E-state index is 13.2. The quantitative estimate of drug-likeness (QED) is 0.190. The molecule has 208 valence electrons. The minimum atomic E-state index is -0.181. The largest absolute Gasteiger partial charge is 0.494 e. The fourth-order valence-electron chi connectivity index (χ4n) is 5.15. The fourth-order valence-corrected chi connectivity index (χ4v) is 5.79. The first kappa shape index (κ1) is 27.0. The van der Waals surface area contributed by atoms with Crippen LogP contribution in [0.25, 0.3) is 10.9 Å². The minimum Gasteiger partial charge on any atom is -0.494 e. The standard InChI is InChI=1S/C33H32N4O3S/c1-22(24-5-3-2-4-6-24)34-32(38)25-9-12-29-28(19-25)30(33(39)36-29)31(26-13-18-41-21-26)35-27-10-7-23(8-11-27)20-37-14-16-40-17-15-37/h2-13,18-19,21-22,36,39H,14-17,20H2,1H3,(H,34,38)/t22-/m1/s1. The first-order valence-electron chi connectivity index (χ1n) is 13.8. The number of amides is 1. The van der Waals surface area contributed by atoms with Gasteiger partial charge in [0.05, 0.1) is 36.2 Å². The molecular weight excluding hydrogens is 532 g/mol. The van der Waals surface area contributed by atoms with Crippen LogP contribution in [-0.4, -0.2) is 52.9 Å². The van der Waals surface area contributed by atoms with Crippen molar-refractivity contribution < 1.29 is 14.6 Å². The van der Waals surface area contributed by atoms with Crippen molar-refractivity contribution in [1.29, 1.82) is 0 Å². The zero-order valence-electron chi connectivity index (χ0n) is 22.8. The number of hydrogen-bond donors (Lipinski definition) is 3. The first-order chi connectivity index (χ1) is 20.0. The minimum absolute atomic E-state index is 0.0177. The number of H-pyrrole nitrogens is 1. The zero-order chi connectivity index (χ0) is 28.2. The number of hydrogen-bond acceptors (Lipinski definition) is 6. The van der Waals surface area contributed by atoms with E-state index in [-0.39, 0.29) is 17.8 Å². The number of aliphatic imine (C=N–C) groups is 1. The van der Waals surface area contributed by atoms with Gasteiger partial charge in [-0.15, -0.1) is 0 Å². The van der Waals surface area contributed by atoms with Gasteiger partial charge in [-0.2, -0.15) is 11.3 Å². The molecule has 1 amide bonds.